The predicted molar refractivity (Wildman–Crippen MR) is 79.8 cm³/mol. The summed E-state index contributed by atoms with van der Waals surface area (Å²) in [7, 11) is 0. The Morgan fingerprint density at radius 3 is 2.47 bits per heavy atom. The lowest BCUT2D eigenvalue weighted by Crippen LogP contribution is -2.13. The minimum atomic E-state index is -0.268. The largest absolute Gasteiger partial charge is 0.384 e. The lowest BCUT2D eigenvalue weighted by Gasteiger charge is -2.11. The zero-order chi connectivity index (χ0) is 13.8. The second-order valence-corrected chi connectivity index (χ2v) is 5.77. The van der Waals surface area contributed by atoms with Gasteiger partial charge in [0, 0.05) is 20.2 Å². The predicted octanol–water partition coefficient (Wildman–Crippen LogP) is 3.98. The SMILES string of the molecule is CSc1cccc(Sc2cccc(F)c2)c1C(=N)N. The van der Waals surface area contributed by atoms with Crippen LogP contribution >= 0.6 is 23.5 Å². The fraction of sp³-hybridized carbons (Fsp3) is 0.0714. The molecule has 19 heavy (non-hydrogen) atoms. The van der Waals surface area contributed by atoms with Crippen LogP contribution < -0.4 is 5.73 Å². The van der Waals surface area contributed by atoms with Crippen molar-refractivity contribution in [3.8, 4) is 0 Å². The molecule has 0 aliphatic heterocycles. The molecule has 2 nitrogen and oxygen atoms in total. The normalized spacial score (nSPS) is 10.4. The lowest BCUT2D eigenvalue weighted by atomic mass is 10.2. The van der Waals surface area contributed by atoms with Gasteiger partial charge in [0.15, 0.2) is 0 Å². The molecule has 0 unspecified atom stereocenters. The zero-order valence-corrected chi connectivity index (χ0v) is 11.9. The van der Waals surface area contributed by atoms with Gasteiger partial charge in [-0.2, -0.15) is 0 Å². The summed E-state index contributed by atoms with van der Waals surface area (Å²) in [6.45, 7) is 0. The number of nitrogens with one attached hydrogen (secondary N) is 1. The maximum Gasteiger partial charge on any atom is 0.125 e. The average Bonchev–Trinajstić information content (AvgIpc) is 2.38. The van der Waals surface area contributed by atoms with E-state index in [-0.39, 0.29) is 11.7 Å². The molecule has 2 aromatic rings. The van der Waals surface area contributed by atoms with Crippen molar-refractivity contribution in [2.75, 3.05) is 6.26 Å². The maximum atomic E-state index is 13.2. The third kappa shape index (κ3) is 3.30. The van der Waals surface area contributed by atoms with Gasteiger partial charge in [-0.3, -0.25) is 5.41 Å². The quantitative estimate of drug-likeness (QED) is 0.509. The van der Waals surface area contributed by atoms with Gasteiger partial charge in [-0.1, -0.05) is 23.9 Å². The number of hydrogen-bond donors (Lipinski definition) is 2. The Kier molecular flexibility index (Phi) is 4.50. The van der Waals surface area contributed by atoms with Crippen LogP contribution in [0.4, 0.5) is 4.39 Å². The van der Waals surface area contributed by atoms with Crippen LogP contribution in [0.5, 0.6) is 0 Å². The Labute approximate surface area is 120 Å². The average molecular weight is 292 g/mol. The van der Waals surface area contributed by atoms with E-state index in [2.05, 4.69) is 0 Å². The third-order valence-electron chi connectivity index (χ3n) is 2.50. The third-order valence-corrected chi connectivity index (χ3v) is 4.33. The number of amidine groups is 1. The molecule has 0 aliphatic carbocycles. The highest BCUT2D eigenvalue weighted by Crippen LogP contribution is 2.34. The van der Waals surface area contributed by atoms with Gasteiger partial charge in [-0.15, -0.1) is 11.8 Å². The van der Waals surface area contributed by atoms with E-state index < -0.39 is 0 Å². The van der Waals surface area contributed by atoms with E-state index in [1.807, 2.05) is 30.5 Å². The van der Waals surface area contributed by atoms with Crippen LogP contribution in [0, 0.1) is 11.2 Å². The minimum Gasteiger partial charge on any atom is -0.384 e. The van der Waals surface area contributed by atoms with Crippen LogP contribution in [-0.2, 0) is 0 Å². The second-order valence-electron chi connectivity index (χ2n) is 3.81. The minimum absolute atomic E-state index is 0.0313. The van der Waals surface area contributed by atoms with Gasteiger partial charge in [0.05, 0.1) is 0 Å². The van der Waals surface area contributed by atoms with Gasteiger partial charge >= 0.3 is 0 Å². The molecule has 3 N–H and O–H groups in total. The number of halogens is 1. The van der Waals surface area contributed by atoms with Crippen molar-refractivity contribution in [3.05, 3.63) is 53.8 Å². The van der Waals surface area contributed by atoms with Crippen LogP contribution in [0.2, 0.25) is 0 Å². The first-order chi connectivity index (χ1) is 9.11. The van der Waals surface area contributed by atoms with E-state index in [9.17, 15) is 4.39 Å². The second kappa shape index (κ2) is 6.12. The van der Waals surface area contributed by atoms with E-state index >= 15 is 0 Å². The molecule has 0 bridgehead atoms. The lowest BCUT2D eigenvalue weighted by molar-refractivity contribution is 0.624. The van der Waals surface area contributed by atoms with Crippen molar-refractivity contribution < 1.29 is 4.39 Å². The van der Waals surface area contributed by atoms with E-state index in [1.165, 1.54) is 23.9 Å². The van der Waals surface area contributed by atoms with Gasteiger partial charge in [0.25, 0.3) is 0 Å². The van der Waals surface area contributed by atoms with Gasteiger partial charge in [-0.25, -0.2) is 4.39 Å². The highest BCUT2D eigenvalue weighted by Gasteiger charge is 2.12. The Hall–Kier alpha value is -1.46. The molecule has 5 heteroatoms. The van der Waals surface area contributed by atoms with Crippen molar-refractivity contribution in [1.82, 2.24) is 0 Å². The first-order valence-electron chi connectivity index (χ1n) is 5.56. The molecule has 0 radical (unpaired) electrons. The number of hydrogen-bond acceptors (Lipinski definition) is 3. The molecule has 0 aliphatic rings. The zero-order valence-electron chi connectivity index (χ0n) is 10.3. The molecule has 0 aromatic heterocycles. The molecule has 0 saturated heterocycles. The number of thioether (sulfide) groups is 1. The summed E-state index contributed by atoms with van der Waals surface area (Å²) in [5.41, 5.74) is 6.37. The van der Waals surface area contributed by atoms with E-state index in [0.717, 1.165) is 14.7 Å². The highest BCUT2D eigenvalue weighted by atomic mass is 32.2. The van der Waals surface area contributed by atoms with Crippen molar-refractivity contribution in [1.29, 1.82) is 5.41 Å². The summed E-state index contributed by atoms with van der Waals surface area (Å²) in [5, 5.41) is 7.71. The van der Waals surface area contributed by atoms with Crippen molar-refractivity contribution in [2.45, 2.75) is 14.7 Å². The summed E-state index contributed by atoms with van der Waals surface area (Å²) in [5.74, 6) is -0.237. The molecule has 2 aromatic carbocycles. The topological polar surface area (TPSA) is 49.9 Å². The van der Waals surface area contributed by atoms with E-state index in [1.54, 1.807) is 17.8 Å². The summed E-state index contributed by atoms with van der Waals surface area (Å²) in [6.07, 6.45) is 1.94. The van der Waals surface area contributed by atoms with Crippen LogP contribution in [0.15, 0.2) is 57.2 Å². The summed E-state index contributed by atoms with van der Waals surface area (Å²) in [4.78, 5) is 2.61. The Bertz CT molecular complexity index is 614. The highest BCUT2D eigenvalue weighted by molar-refractivity contribution is 8.00. The van der Waals surface area contributed by atoms with Crippen molar-refractivity contribution >= 4 is 29.4 Å². The number of nitrogen functional groups attached to an aromatic ring is 1. The molecule has 0 fully saturated rings. The monoisotopic (exact) mass is 292 g/mol. The molecule has 0 heterocycles. The van der Waals surface area contributed by atoms with Crippen LogP contribution in [0.25, 0.3) is 0 Å². The number of benzene rings is 2. The van der Waals surface area contributed by atoms with Crippen LogP contribution in [0.1, 0.15) is 5.56 Å². The van der Waals surface area contributed by atoms with Gasteiger partial charge < -0.3 is 5.73 Å². The van der Waals surface area contributed by atoms with Crippen LogP contribution in [0.3, 0.4) is 0 Å². The maximum absolute atomic E-state index is 13.2. The fourth-order valence-electron chi connectivity index (χ4n) is 1.69. The fourth-order valence-corrected chi connectivity index (χ4v) is 3.43. The summed E-state index contributed by atoms with van der Waals surface area (Å²) < 4.78 is 13.2. The van der Waals surface area contributed by atoms with E-state index in [4.69, 9.17) is 11.1 Å². The first-order valence-corrected chi connectivity index (χ1v) is 7.60. The molecule has 0 atom stereocenters. The first kappa shape index (κ1) is 14.0. The Morgan fingerprint density at radius 2 is 1.84 bits per heavy atom. The molecular formula is C14H13FN2S2. The van der Waals surface area contributed by atoms with E-state index in [0.29, 0.717) is 5.56 Å². The Morgan fingerprint density at radius 1 is 1.16 bits per heavy atom. The van der Waals surface area contributed by atoms with Crippen molar-refractivity contribution in [3.63, 3.8) is 0 Å². The number of nitrogens with two attached hydrogens (primary N) is 1. The van der Waals surface area contributed by atoms with Crippen molar-refractivity contribution in [2.24, 2.45) is 5.73 Å². The molecular weight excluding hydrogens is 279 g/mol. The number of rotatable bonds is 4. The summed E-state index contributed by atoms with van der Waals surface area (Å²) >= 11 is 2.96. The van der Waals surface area contributed by atoms with Gasteiger partial charge in [0.2, 0.25) is 0 Å². The Balaban J connectivity index is 2.42. The van der Waals surface area contributed by atoms with Gasteiger partial charge in [-0.05, 0) is 36.6 Å². The molecule has 2 rings (SSSR count). The van der Waals surface area contributed by atoms with Gasteiger partial charge in [0.1, 0.15) is 11.7 Å². The summed E-state index contributed by atoms with van der Waals surface area (Å²) in [6, 6.07) is 12.1. The molecule has 0 saturated carbocycles. The smallest absolute Gasteiger partial charge is 0.125 e. The molecule has 98 valence electrons. The van der Waals surface area contributed by atoms with Crippen LogP contribution in [-0.4, -0.2) is 12.1 Å². The molecule has 0 amide bonds. The molecule has 0 spiro atoms. The standard InChI is InChI=1S/C14H13FN2S2/c1-18-11-6-3-7-12(13(11)14(16)17)19-10-5-2-4-9(15)8-10/h2-8H,1H3,(H3,16,17).